The molecule has 1 saturated heterocycles. The van der Waals surface area contributed by atoms with E-state index in [0.29, 0.717) is 5.52 Å². The first-order chi connectivity index (χ1) is 9.65. The highest BCUT2D eigenvalue weighted by molar-refractivity contribution is 6.05. The van der Waals surface area contributed by atoms with Crippen LogP contribution in [0.3, 0.4) is 0 Å². The molecular weight excluding hydrogens is 258 g/mol. The maximum Gasteiger partial charge on any atom is 0.288 e. The van der Waals surface area contributed by atoms with E-state index >= 15 is 0 Å². The van der Waals surface area contributed by atoms with Crippen molar-refractivity contribution in [1.82, 2.24) is 15.4 Å². The SMILES string of the molecule is O=C(NN1C(=O)CCC1=O)c1ccc2ccccc2n1. The van der Waals surface area contributed by atoms with Gasteiger partial charge in [-0.25, -0.2) is 4.98 Å². The van der Waals surface area contributed by atoms with Gasteiger partial charge in [-0.05, 0) is 12.1 Å². The van der Waals surface area contributed by atoms with Gasteiger partial charge in [0.2, 0.25) is 11.8 Å². The third-order valence-corrected chi connectivity index (χ3v) is 3.10. The quantitative estimate of drug-likeness (QED) is 0.826. The highest BCUT2D eigenvalue weighted by Gasteiger charge is 2.30. The van der Waals surface area contributed by atoms with Gasteiger partial charge in [-0.2, -0.15) is 5.01 Å². The Kier molecular flexibility index (Phi) is 2.90. The second kappa shape index (κ2) is 4.73. The Bertz CT molecular complexity index is 710. The minimum Gasteiger partial charge on any atom is -0.273 e. The first-order valence-electron chi connectivity index (χ1n) is 6.18. The van der Waals surface area contributed by atoms with E-state index in [4.69, 9.17) is 0 Å². The van der Waals surface area contributed by atoms with Crippen LogP contribution in [0, 0.1) is 0 Å². The van der Waals surface area contributed by atoms with Crippen LogP contribution in [0.2, 0.25) is 0 Å². The molecule has 3 rings (SSSR count). The summed E-state index contributed by atoms with van der Waals surface area (Å²) in [7, 11) is 0. The Morgan fingerprint density at radius 3 is 2.50 bits per heavy atom. The van der Waals surface area contributed by atoms with Crippen molar-refractivity contribution in [3.8, 4) is 0 Å². The maximum absolute atomic E-state index is 12.0. The molecule has 1 aromatic carbocycles. The predicted molar refractivity (Wildman–Crippen MR) is 70.3 cm³/mol. The van der Waals surface area contributed by atoms with E-state index in [0.717, 1.165) is 10.4 Å². The molecule has 6 nitrogen and oxygen atoms in total. The van der Waals surface area contributed by atoms with Crippen LogP contribution in [-0.4, -0.2) is 27.7 Å². The number of amides is 3. The van der Waals surface area contributed by atoms with E-state index in [1.165, 1.54) is 0 Å². The lowest BCUT2D eigenvalue weighted by atomic mass is 10.2. The molecule has 20 heavy (non-hydrogen) atoms. The third kappa shape index (κ3) is 2.11. The number of hydrogen-bond acceptors (Lipinski definition) is 4. The van der Waals surface area contributed by atoms with Gasteiger partial charge in [0, 0.05) is 18.2 Å². The third-order valence-electron chi connectivity index (χ3n) is 3.10. The smallest absolute Gasteiger partial charge is 0.273 e. The molecule has 1 aromatic heterocycles. The molecule has 6 heteroatoms. The van der Waals surface area contributed by atoms with Gasteiger partial charge in [0.15, 0.2) is 0 Å². The van der Waals surface area contributed by atoms with E-state index in [2.05, 4.69) is 10.4 Å². The van der Waals surface area contributed by atoms with Crippen LogP contribution < -0.4 is 5.43 Å². The van der Waals surface area contributed by atoms with Crippen LogP contribution in [0.5, 0.6) is 0 Å². The van der Waals surface area contributed by atoms with Gasteiger partial charge in [0.25, 0.3) is 5.91 Å². The minimum absolute atomic E-state index is 0.129. The summed E-state index contributed by atoms with van der Waals surface area (Å²) < 4.78 is 0. The van der Waals surface area contributed by atoms with Crippen LogP contribution in [0.25, 0.3) is 10.9 Å². The number of pyridine rings is 1. The summed E-state index contributed by atoms with van der Waals surface area (Å²) >= 11 is 0. The molecule has 1 aliphatic heterocycles. The zero-order valence-electron chi connectivity index (χ0n) is 10.5. The molecule has 2 aromatic rings. The molecule has 2 heterocycles. The van der Waals surface area contributed by atoms with Crippen molar-refractivity contribution in [3.05, 3.63) is 42.1 Å². The minimum atomic E-state index is -0.570. The fraction of sp³-hybridized carbons (Fsp3) is 0.143. The fourth-order valence-corrected chi connectivity index (χ4v) is 2.05. The second-order valence-corrected chi connectivity index (χ2v) is 4.45. The van der Waals surface area contributed by atoms with Gasteiger partial charge in [-0.15, -0.1) is 0 Å². The van der Waals surface area contributed by atoms with Gasteiger partial charge < -0.3 is 0 Å². The van der Waals surface area contributed by atoms with Crippen molar-refractivity contribution in [1.29, 1.82) is 0 Å². The van der Waals surface area contributed by atoms with Gasteiger partial charge in [-0.1, -0.05) is 24.3 Å². The van der Waals surface area contributed by atoms with Crippen LogP contribution in [0.15, 0.2) is 36.4 Å². The van der Waals surface area contributed by atoms with Gasteiger partial charge >= 0.3 is 0 Å². The van der Waals surface area contributed by atoms with E-state index in [9.17, 15) is 14.4 Å². The van der Waals surface area contributed by atoms with Crippen molar-refractivity contribution in [2.45, 2.75) is 12.8 Å². The summed E-state index contributed by atoms with van der Waals surface area (Å²) in [4.78, 5) is 39.1. The van der Waals surface area contributed by atoms with Crippen LogP contribution >= 0.6 is 0 Å². The van der Waals surface area contributed by atoms with Crippen LogP contribution in [0.4, 0.5) is 0 Å². The maximum atomic E-state index is 12.0. The van der Waals surface area contributed by atoms with Crippen molar-refractivity contribution in [3.63, 3.8) is 0 Å². The van der Waals surface area contributed by atoms with Crippen LogP contribution in [-0.2, 0) is 9.59 Å². The number of carbonyl (C=O) groups excluding carboxylic acids is 3. The topological polar surface area (TPSA) is 79.4 Å². The lowest BCUT2D eigenvalue weighted by molar-refractivity contribution is -0.141. The van der Waals surface area contributed by atoms with Gasteiger partial charge in [0.1, 0.15) is 5.69 Å². The lowest BCUT2D eigenvalue weighted by Crippen LogP contribution is -2.45. The molecule has 1 aliphatic rings. The van der Waals surface area contributed by atoms with Crippen molar-refractivity contribution >= 4 is 28.6 Å². The Hall–Kier alpha value is -2.76. The average Bonchev–Trinajstić information content (AvgIpc) is 2.78. The fourth-order valence-electron chi connectivity index (χ4n) is 2.05. The first kappa shape index (κ1) is 12.3. The van der Waals surface area contributed by atoms with E-state index < -0.39 is 17.7 Å². The Labute approximate surface area is 114 Å². The summed E-state index contributed by atoms with van der Waals surface area (Å²) in [5, 5.41) is 1.68. The van der Waals surface area contributed by atoms with Crippen molar-refractivity contribution < 1.29 is 14.4 Å². The number of hydrogen-bond donors (Lipinski definition) is 1. The normalized spacial score (nSPS) is 14.9. The summed E-state index contributed by atoms with van der Waals surface area (Å²) in [5.74, 6) is -1.37. The highest BCUT2D eigenvalue weighted by atomic mass is 16.2. The highest BCUT2D eigenvalue weighted by Crippen LogP contribution is 2.13. The first-order valence-corrected chi connectivity index (χ1v) is 6.18. The molecule has 0 spiro atoms. The van der Waals surface area contributed by atoms with Gasteiger partial charge in [0.05, 0.1) is 5.52 Å². The number of nitrogens with zero attached hydrogens (tertiary/aromatic N) is 2. The number of hydrazine groups is 1. The largest absolute Gasteiger partial charge is 0.288 e. The van der Waals surface area contributed by atoms with Crippen molar-refractivity contribution in [2.24, 2.45) is 0 Å². The number of rotatable bonds is 2. The van der Waals surface area contributed by atoms with E-state index in [1.807, 2.05) is 18.2 Å². The van der Waals surface area contributed by atoms with Crippen LogP contribution in [0.1, 0.15) is 23.3 Å². The average molecular weight is 269 g/mol. The zero-order chi connectivity index (χ0) is 14.1. The number of aromatic nitrogens is 1. The molecular formula is C14H11N3O3. The summed E-state index contributed by atoms with van der Waals surface area (Å²) in [6.07, 6.45) is 0.258. The molecule has 0 bridgehead atoms. The molecule has 0 unspecified atom stereocenters. The monoisotopic (exact) mass is 269 g/mol. The Morgan fingerprint density at radius 1 is 1.05 bits per heavy atom. The number of fused-ring (bicyclic) bond motifs is 1. The molecule has 1 N–H and O–H groups in total. The molecule has 0 saturated carbocycles. The van der Waals surface area contributed by atoms with E-state index in [-0.39, 0.29) is 18.5 Å². The Morgan fingerprint density at radius 2 is 1.75 bits per heavy atom. The number of imide groups is 1. The second-order valence-electron chi connectivity index (χ2n) is 4.45. The Balaban J connectivity index is 1.85. The molecule has 1 fully saturated rings. The molecule has 0 atom stereocenters. The summed E-state index contributed by atoms with van der Waals surface area (Å²) in [5.41, 5.74) is 3.14. The van der Waals surface area contributed by atoms with E-state index in [1.54, 1.807) is 18.2 Å². The number of para-hydroxylation sites is 1. The molecule has 0 aliphatic carbocycles. The predicted octanol–water partition coefficient (Wildman–Crippen LogP) is 1.03. The molecule has 100 valence electrons. The number of carbonyl (C=O) groups is 3. The lowest BCUT2D eigenvalue weighted by Gasteiger charge is -2.14. The number of benzene rings is 1. The number of nitrogens with one attached hydrogen (secondary N) is 1. The summed E-state index contributed by atoms with van der Waals surface area (Å²) in [6.45, 7) is 0. The summed E-state index contributed by atoms with van der Waals surface area (Å²) in [6, 6.07) is 10.7. The van der Waals surface area contributed by atoms with Crippen molar-refractivity contribution in [2.75, 3.05) is 0 Å². The standard InChI is InChI=1S/C14H11N3O3/c18-12-7-8-13(19)17(12)16-14(20)11-6-5-9-3-1-2-4-10(9)15-11/h1-6H,7-8H2,(H,16,20). The molecule has 3 amide bonds. The zero-order valence-corrected chi connectivity index (χ0v) is 10.5. The van der Waals surface area contributed by atoms with Gasteiger partial charge in [-0.3, -0.25) is 19.8 Å². The molecule has 0 radical (unpaired) electrons.